The second-order valence-electron chi connectivity index (χ2n) is 4.88. The monoisotopic (exact) mass is 249 g/mol. The normalized spacial score (nSPS) is 17.1. The Bertz CT molecular complexity index is 364. The molecule has 1 fully saturated rings. The van der Waals surface area contributed by atoms with Crippen LogP contribution in [0, 0.1) is 0 Å². The highest BCUT2D eigenvalue weighted by molar-refractivity contribution is 5.28. The van der Waals surface area contributed by atoms with Crippen molar-refractivity contribution in [2.75, 3.05) is 47.0 Å². The summed E-state index contributed by atoms with van der Waals surface area (Å²) >= 11 is 0. The molecule has 0 bridgehead atoms. The minimum absolute atomic E-state index is 0.933. The van der Waals surface area contributed by atoms with Crippen molar-refractivity contribution in [3.63, 3.8) is 0 Å². The van der Waals surface area contributed by atoms with Crippen molar-refractivity contribution in [1.29, 1.82) is 0 Å². The summed E-state index contributed by atoms with van der Waals surface area (Å²) in [6, 6.07) is 8.29. The van der Waals surface area contributed by atoms with Crippen molar-refractivity contribution in [3.05, 3.63) is 29.8 Å². The molecule has 0 aliphatic carbocycles. The average Bonchev–Trinajstić information content (AvgIpc) is 2.40. The van der Waals surface area contributed by atoms with E-state index in [1.165, 1.54) is 5.56 Å². The Kier molecular flexibility index (Phi) is 4.99. The standard InChI is InChI=1S/C14H23N3O/c1-16(12-17-8-6-15-7-9-17)11-13-4-3-5-14(10-13)18-2/h3-5,10,15H,6-9,11-12H2,1-2H3. The maximum Gasteiger partial charge on any atom is 0.119 e. The van der Waals surface area contributed by atoms with Crippen LogP contribution in [0.3, 0.4) is 0 Å². The predicted molar refractivity (Wildman–Crippen MR) is 73.8 cm³/mol. The van der Waals surface area contributed by atoms with Gasteiger partial charge in [-0.15, -0.1) is 0 Å². The fourth-order valence-corrected chi connectivity index (χ4v) is 2.33. The van der Waals surface area contributed by atoms with Crippen molar-refractivity contribution in [3.8, 4) is 5.75 Å². The highest BCUT2D eigenvalue weighted by atomic mass is 16.5. The molecular formula is C14H23N3O. The van der Waals surface area contributed by atoms with Gasteiger partial charge in [0.25, 0.3) is 0 Å². The van der Waals surface area contributed by atoms with Gasteiger partial charge in [0.15, 0.2) is 0 Å². The number of hydrogen-bond donors (Lipinski definition) is 1. The van der Waals surface area contributed by atoms with Gasteiger partial charge in [-0.1, -0.05) is 12.1 Å². The molecule has 2 rings (SSSR count). The summed E-state index contributed by atoms with van der Waals surface area (Å²) in [5.41, 5.74) is 1.30. The molecule has 4 heteroatoms. The van der Waals surface area contributed by atoms with Gasteiger partial charge >= 0.3 is 0 Å². The summed E-state index contributed by atoms with van der Waals surface area (Å²) in [6.45, 7) is 6.48. The van der Waals surface area contributed by atoms with Crippen LogP contribution < -0.4 is 10.1 Å². The molecule has 0 unspecified atom stereocenters. The molecule has 0 aromatic heterocycles. The number of nitrogens with one attached hydrogen (secondary N) is 1. The second kappa shape index (κ2) is 6.73. The van der Waals surface area contributed by atoms with Crippen LogP contribution in [0.15, 0.2) is 24.3 Å². The lowest BCUT2D eigenvalue weighted by Crippen LogP contribution is -2.47. The highest BCUT2D eigenvalue weighted by Crippen LogP contribution is 2.13. The molecule has 100 valence electrons. The van der Waals surface area contributed by atoms with Crippen LogP contribution in [0.4, 0.5) is 0 Å². The van der Waals surface area contributed by atoms with Crippen LogP contribution in [0.2, 0.25) is 0 Å². The van der Waals surface area contributed by atoms with E-state index in [4.69, 9.17) is 4.74 Å². The maximum absolute atomic E-state index is 5.25. The molecule has 0 amide bonds. The SMILES string of the molecule is COc1cccc(CN(C)CN2CCNCC2)c1. The lowest BCUT2D eigenvalue weighted by Gasteiger charge is -2.31. The predicted octanol–water partition coefficient (Wildman–Crippen LogP) is 0.990. The zero-order valence-electron chi connectivity index (χ0n) is 11.4. The van der Waals surface area contributed by atoms with Gasteiger partial charge in [-0.25, -0.2) is 0 Å². The van der Waals surface area contributed by atoms with Crippen molar-refractivity contribution in [1.82, 2.24) is 15.1 Å². The minimum Gasteiger partial charge on any atom is -0.497 e. The molecule has 1 aromatic carbocycles. The molecule has 1 aliphatic heterocycles. The third-order valence-corrected chi connectivity index (χ3v) is 3.24. The molecule has 0 radical (unpaired) electrons. The van der Waals surface area contributed by atoms with Gasteiger partial charge in [-0.05, 0) is 24.7 Å². The molecule has 0 saturated carbocycles. The first-order chi connectivity index (χ1) is 8.78. The zero-order valence-corrected chi connectivity index (χ0v) is 11.4. The number of benzene rings is 1. The van der Waals surface area contributed by atoms with Crippen molar-refractivity contribution < 1.29 is 4.74 Å². The number of nitrogens with zero attached hydrogens (tertiary/aromatic N) is 2. The quantitative estimate of drug-likeness (QED) is 0.842. The lowest BCUT2D eigenvalue weighted by molar-refractivity contribution is 0.135. The Morgan fingerprint density at radius 1 is 1.33 bits per heavy atom. The van der Waals surface area contributed by atoms with Crippen LogP contribution in [0.1, 0.15) is 5.56 Å². The van der Waals surface area contributed by atoms with Crippen molar-refractivity contribution >= 4 is 0 Å². The molecule has 0 spiro atoms. The van der Waals surface area contributed by atoms with E-state index in [0.717, 1.165) is 45.1 Å². The lowest BCUT2D eigenvalue weighted by atomic mass is 10.2. The summed E-state index contributed by atoms with van der Waals surface area (Å²) in [5.74, 6) is 0.933. The number of ether oxygens (including phenoxy) is 1. The first-order valence-electron chi connectivity index (χ1n) is 6.52. The Balaban J connectivity index is 1.83. The zero-order chi connectivity index (χ0) is 12.8. The van der Waals surface area contributed by atoms with Gasteiger partial charge in [0.1, 0.15) is 5.75 Å². The molecule has 1 aliphatic rings. The van der Waals surface area contributed by atoms with Gasteiger partial charge in [0.2, 0.25) is 0 Å². The Hall–Kier alpha value is -1.10. The first kappa shape index (κ1) is 13.3. The molecule has 0 atom stereocenters. The van der Waals surface area contributed by atoms with Crippen LogP contribution in [-0.2, 0) is 6.54 Å². The Morgan fingerprint density at radius 2 is 2.11 bits per heavy atom. The summed E-state index contributed by atoms with van der Waals surface area (Å²) in [6.07, 6.45) is 0. The first-order valence-corrected chi connectivity index (χ1v) is 6.52. The number of methoxy groups -OCH3 is 1. The van der Waals surface area contributed by atoms with Crippen LogP contribution in [0.5, 0.6) is 5.75 Å². The van der Waals surface area contributed by atoms with E-state index in [0.29, 0.717) is 0 Å². The van der Waals surface area contributed by atoms with E-state index >= 15 is 0 Å². The third kappa shape index (κ3) is 3.98. The summed E-state index contributed by atoms with van der Waals surface area (Å²) in [7, 11) is 3.88. The van der Waals surface area contributed by atoms with Crippen molar-refractivity contribution in [2.24, 2.45) is 0 Å². The molecule has 1 aromatic rings. The van der Waals surface area contributed by atoms with Gasteiger partial charge < -0.3 is 10.1 Å². The smallest absolute Gasteiger partial charge is 0.119 e. The van der Waals surface area contributed by atoms with E-state index < -0.39 is 0 Å². The van der Waals surface area contributed by atoms with Crippen LogP contribution >= 0.6 is 0 Å². The number of piperazine rings is 1. The summed E-state index contributed by atoms with van der Waals surface area (Å²) < 4.78 is 5.25. The van der Waals surface area contributed by atoms with Crippen LogP contribution in [-0.4, -0.2) is 56.8 Å². The van der Waals surface area contributed by atoms with E-state index in [9.17, 15) is 0 Å². The third-order valence-electron chi connectivity index (χ3n) is 3.24. The number of hydrogen-bond acceptors (Lipinski definition) is 4. The van der Waals surface area contributed by atoms with E-state index in [-0.39, 0.29) is 0 Å². The second-order valence-corrected chi connectivity index (χ2v) is 4.88. The van der Waals surface area contributed by atoms with E-state index in [2.05, 4.69) is 34.3 Å². The summed E-state index contributed by atoms with van der Waals surface area (Å²) in [4.78, 5) is 4.83. The molecular weight excluding hydrogens is 226 g/mol. The van der Waals surface area contributed by atoms with Gasteiger partial charge in [-0.3, -0.25) is 9.80 Å². The van der Waals surface area contributed by atoms with E-state index in [1.807, 2.05) is 12.1 Å². The number of rotatable bonds is 5. The van der Waals surface area contributed by atoms with Gasteiger partial charge in [0, 0.05) is 32.7 Å². The van der Waals surface area contributed by atoms with Crippen LogP contribution in [0.25, 0.3) is 0 Å². The molecule has 1 saturated heterocycles. The fourth-order valence-electron chi connectivity index (χ4n) is 2.33. The fraction of sp³-hybridized carbons (Fsp3) is 0.571. The van der Waals surface area contributed by atoms with E-state index in [1.54, 1.807) is 7.11 Å². The van der Waals surface area contributed by atoms with Crippen molar-refractivity contribution in [2.45, 2.75) is 6.54 Å². The maximum atomic E-state index is 5.25. The highest BCUT2D eigenvalue weighted by Gasteiger charge is 2.11. The Morgan fingerprint density at radius 3 is 2.83 bits per heavy atom. The largest absolute Gasteiger partial charge is 0.497 e. The summed E-state index contributed by atoms with van der Waals surface area (Å²) in [5, 5.41) is 3.38. The minimum atomic E-state index is 0.933. The average molecular weight is 249 g/mol. The molecule has 18 heavy (non-hydrogen) atoms. The van der Waals surface area contributed by atoms with Gasteiger partial charge in [0.05, 0.1) is 13.8 Å². The van der Waals surface area contributed by atoms with Gasteiger partial charge in [-0.2, -0.15) is 0 Å². The topological polar surface area (TPSA) is 27.7 Å². The Labute approximate surface area is 110 Å². The molecule has 4 nitrogen and oxygen atoms in total. The molecule has 1 heterocycles. The molecule has 1 N–H and O–H groups in total.